The molecule has 0 amide bonds. The third kappa shape index (κ3) is 3.76. The molecule has 1 heteroatoms. The molecule has 17 heavy (non-hydrogen) atoms. The van der Waals surface area contributed by atoms with Gasteiger partial charge in [0.15, 0.2) is 0 Å². The van der Waals surface area contributed by atoms with Crippen molar-refractivity contribution >= 4 is 5.69 Å². The van der Waals surface area contributed by atoms with E-state index in [1.165, 1.54) is 56.2 Å². The number of nitrogens with one attached hydrogen (secondary N) is 1. The van der Waals surface area contributed by atoms with E-state index in [-0.39, 0.29) is 0 Å². The highest BCUT2D eigenvalue weighted by Crippen LogP contribution is 2.23. The fourth-order valence-corrected chi connectivity index (χ4v) is 2.79. The van der Waals surface area contributed by atoms with Crippen LogP contribution in [0.2, 0.25) is 0 Å². The molecule has 0 saturated heterocycles. The van der Waals surface area contributed by atoms with Gasteiger partial charge in [0, 0.05) is 11.7 Å². The lowest BCUT2D eigenvalue weighted by atomic mass is 9.96. The largest absolute Gasteiger partial charge is 0.382 e. The standard InChI is InChI=1S/C16H25N/c1-2-14-10-8-9-13-16(14)17-15-11-6-4-3-5-7-12-15/h8-10,13,15,17H,2-7,11-12H2,1H3. The minimum atomic E-state index is 0.697. The van der Waals surface area contributed by atoms with Crippen LogP contribution in [0.25, 0.3) is 0 Å². The minimum Gasteiger partial charge on any atom is -0.382 e. The molecule has 0 unspecified atom stereocenters. The van der Waals surface area contributed by atoms with Gasteiger partial charge in [0.05, 0.1) is 0 Å². The molecule has 0 radical (unpaired) electrons. The highest BCUT2D eigenvalue weighted by atomic mass is 14.9. The molecule has 1 aliphatic carbocycles. The Labute approximate surface area is 106 Å². The molecule has 1 saturated carbocycles. The molecule has 0 heterocycles. The van der Waals surface area contributed by atoms with Gasteiger partial charge in [-0.1, -0.05) is 57.2 Å². The second-order valence-electron chi connectivity index (χ2n) is 5.20. The summed E-state index contributed by atoms with van der Waals surface area (Å²) in [4.78, 5) is 0. The molecule has 1 aliphatic rings. The van der Waals surface area contributed by atoms with Crippen LogP contribution in [0, 0.1) is 0 Å². The maximum absolute atomic E-state index is 3.77. The number of hydrogen-bond donors (Lipinski definition) is 1. The average Bonchev–Trinajstić information content (AvgIpc) is 2.33. The second-order valence-corrected chi connectivity index (χ2v) is 5.20. The molecule has 0 spiro atoms. The van der Waals surface area contributed by atoms with Crippen molar-refractivity contribution in [1.29, 1.82) is 0 Å². The first-order valence-electron chi connectivity index (χ1n) is 7.24. The van der Waals surface area contributed by atoms with Gasteiger partial charge in [0.2, 0.25) is 0 Å². The second kappa shape index (κ2) is 6.68. The highest BCUT2D eigenvalue weighted by Gasteiger charge is 2.11. The third-order valence-electron chi connectivity index (χ3n) is 3.86. The summed E-state index contributed by atoms with van der Waals surface area (Å²) >= 11 is 0. The lowest BCUT2D eigenvalue weighted by Crippen LogP contribution is -2.21. The number of anilines is 1. The first-order valence-corrected chi connectivity index (χ1v) is 7.24. The molecule has 0 aromatic heterocycles. The predicted molar refractivity (Wildman–Crippen MR) is 75.5 cm³/mol. The van der Waals surface area contributed by atoms with Gasteiger partial charge < -0.3 is 5.32 Å². The predicted octanol–water partition coefficient (Wildman–Crippen LogP) is 4.77. The normalized spacial score (nSPS) is 18.4. The van der Waals surface area contributed by atoms with E-state index in [9.17, 15) is 0 Å². The van der Waals surface area contributed by atoms with Crippen LogP contribution in [0.15, 0.2) is 24.3 Å². The molecule has 1 nitrogen and oxygen atoms in total. The number of para-hydroxylation sites is 1. The molecule has 0 atom stereocenters. The minimum absolute atomic E-state index is 0.697. The monoisotopic (exact) mass is 231 g/mol. The average molecular weight is 231 g/mol. The SMILES string of the molecule is CCc1ccccc1NC1CCCCCCC1. The van der Waals surface area contributed by atoms with Crippen LogP contribution < -0.4 is 5.32 Å². The van der Waals surface area contributed by atoms with Crippen LogP contribution in [-0.2, 0) is 6.42 Å². The van der Waals surface area contributed by atoms with Gasteiger partial charge in [-0.05, 0) is 30.9 Å². The first-order chi connectivity index (χ1) is 8.40. The lowest BCUT2D eigenvalue weighted by molar-refractivity contribution is 0.471. The van der Waals surface area contributed by atoms with E-state index in [4.69, 9.17) is 0 Å². The fourth-order valence-electron chi connectivity index (χ4n) is 2.79. The Hall–Kier alpha value is -0.980. The Morgan fingerprint density at radius 3 is 2.35 bits per heavy atom. The summed E-state index contributed by atoms with van der Waals surface area (Å²) in [7, 11) is 0. The van der Waals surface area contributed by atoms with Gasteiger partial charge in [-0.2, -0.15) is 0 Å². The van der Waals surface area contributed by atoms with Crippen molar-refractivity contribution in [1.82, 2.24) is 0 Å². The van der Waals surface area contributed by atoms with Crippen LogP contribution >= 0.6 is 0 Å². The molecular weight excluding hydrogens is 206 g/mol. The topological polar surface area (TPSA) is 12.0 Å². The fraction of sp³-hybridized carbons (Fsp3) is 0.625. The van der Waals surface area contributed by atoms with Crippen LogP contribution in [0.5, 0.6) is 0 Å². The summed E-state index contributed by atoms with van der Waals surface area (Å²) in [6.45, 7) is 2.23. The smallest absolute Gasteiger partial charge is 0.0374 e. The summed E-state index contributed by atoms with van der Waals surface area (Å²) in [5.74, 6) is 0. The van der Waals surface area contributed by atoms with Crippen LogP contribution in [0.3, 0.4) is 0 Å². The van der Waals surface area contributed by atoms with E-state index in [0.717, 1.165) is 6.42 Å². The zero-order chi connectivity index (χ0) is 11.9. The van der Waals surface area contributed by atoms with Crippen molar-refractivity contribution in [2.75, 3.05) is 5.32 Å². The Kier molecular flexibility index (Phi) is 4.90. The zero-order valence-electron chi connectivity index (χ0n) is 11.0. The first kappa shape index (κ1) is 12.5. The Bertz CT molecular complexity index is 324. The maximum Gasteiger partial charge on any atom is 0.0374 e. The third-order valence-corrected chi connectivity index (χ3v) is 3.86. The molecule has 1 aromatic rings. The molecule has 1 N–H and O–H groups in total. The van der Waals surface area contributed by atoms with Crippen molar-refractivity contribution in [3.05, 3.63) is 29.8 Å². The van der Waals surface area contributed by atoms with Gasteiger partial charge in [-0.3, -0.25) is 0 Å². The van der Waals surface area contributed by atoms with E-state index in [1.807, 2.05) is 0 Å². The van der Waals surface area contributed by atoms with Gasteiger partial charge in [-0.25, -0.2) is 0 Å². The lowest BCUT2D eigenvalue weighted by Gasteiger charge is -2.23. The molecule has 1 fully saturated rings. The number of rotatable bonds is 3. The quantitative estimate of drug-likeness (QED) is 0.790. The molecule has 0 bridgehead atoms. The van der Waals surface area contributed by atoms with Crippen molar-refractivity contribution in [2.24, 2.45) is 0 Å². The van der Waals surface area contributed by atoms with Crippen LogP contribution in [-0.4, -0.2) is 6.04 Å². The van der Waals surface area contributed by atoms with E-state index in [0.29, 0.717) is 6.04 Å². The van der Waals surface area contributed by atoms with Gasteiger partial charge >= 0.3 is 0 Å². The van der Waals surface area contributed by atoms with Gasteiger partial charge in [0.25, 0.3) is 0 Å². The number of aryl methyl sites for hydroxylation is 1. The van der Waals surface area contributed by atoms with Crippen LogP contribution in [0.1, 0.15) is 57.4 Å². The molecule has 94 valence electrons. The Morgan fingerprint density at radius 1 is 1.00 bits per heavy atom. The molecular formula is C16H25N. The van der Waals surface area contributed by atoms with E-state index >= 15 is 0 Å². The van der Waals surface area contributed by atoms with Gasteiger partial charge in [0.1, 0.15) is 0 Å². The molecule has 2 rings (SSSR count). The summed E-state index contributed by atoms with van der Waals surface area (Å²) < 4.78 is 0. The van der Waals surface area contributed by atoms with Gasteiger partial charge in [-0.15, -0.1) is 0 Å². The molecule has 1 aromatic carbocycles. The van der Waals surface area contributed by atoms with E-state index < -0.39 is 0 Å². The highest BCUT2D eigenvalue weighted by molar-refractivity contribution is 5.51. The maximum atomic E-state index is 3.77. The van der Waals surface area contributed by atoms with E-state index in [1.54, 1.807) is 0 Å². The summed E-state index contributed by atoms with van der Waals surface area (Å²) in [6.07, 6.45) is 10.9. The number of benzene rings is 1. The summed E-state index contributed by atoms with van der Waals surface area (Å²) in [5.41, 5.74) is 2.81. The van der Waals surface area contributed by atoms with E-state index in [2.05, 4.69) is 36.5 Å². The Morgan fingerprint density at radius 2 is 1.65 bits per heavy atom. The van der Waals surface area contributed by atoms with Crippen molar-refractivity contribution in [3.8, 4) is 0 Å². The van der Waals surface area contributed by atoms with Crippen LogP contribution in [0.4, 0.5) is 5.69 Å². The number of hydrogen-bond acceptors (Lipinski definition) is 1. The Balaban J connectivity index is 1.97. The van der Waals surface area contributed by atoms with Crippen molar-refractivity contribution in [2.45, 2.75) is 64.3 Å². The summed E-state index contributed by atoms with van der Waals surface area (Å²) in [5, 5.41) is 3.77. The van der Waals surface area contributed by atoms with Crippen molar-refractivity contribution < 1.29 is 0 Å². The van der Waals surface area contributed by atoms with Crippen molar-refractivity contribution in [3.63, 3.8) is 0 Å². The zero-order valence-corrected chi connectivity index (χ0v) is 11.0. The molecule has 0 aliphatic heterocycles. The summed E-state index contributed by atoms with van der Waals surface area (Å²) in [6, 6.07) is 9.46.